The van der Waals surface area contributed by atoms with Crippen molar-refractivity contribution in [3.63, 3.8) is 0 Å². The van der Waals surface area contributed by atoms with E-state index in [1.807, 2.05) is 13.8 Å². The van der Waals surface area contributed by atoms with Gasteiger partial charge in [0.2, 0.25) is 0 Å². The van der Waals surface area contributed by atoms with Crippen molar-refractivity contribution >= 4 is 14.6 Å². The molecule has 1 fully saturated rings. The summed E-state index contributed by atoms with van der Waals surface area (Å²) in [5.41, 5.74) is -0.236. The average Bonchev–Trinajstić information content (AvgIpc) is 2.32. The Kier molecular flexibility index (Phi) is 5.81. The maximum Gasteiger partial charge on any atom is 0.191 e. The van der Waals surface area contributed by atoms with Crippen LogP contribution in [0.25, 0.3) is 0 Å². The third-order valence-electron chi connectivity index (χ3n) is 4.87. The van der Waals surface area contributed by atoms with Gasteiger partial charge in [-0.1, -0.05) is 20.8 Å². The highest BCUT2D eigenvalue weighted by Crippen LogP contribution is 2.39. The molecule has 4 nitrogen and oxygen atoms in total. The molecule has 0 N–H and O–H groups in total. The quantitative estimate of drug-likeness (QED) is 0.553. The van der Waals surface area contributed by atoms with Crippen LogP contribution in [0.1, 0.15) is 47.5 Å². The van der Waals surface area contributed by atoms with Crippen molar-refractivity contribution < 1.29 is 18.7 Å². The van der Waals surface area contributed by atoms with Crippen LogP contribution in [0.5, 0.6) is 0 Å². The molecule has 0 aromatic heterocycles. The predicted molar refractivity (Wildman–Crippen MR) is 86.9 cm³/mol. The number of carbonyl (C=O) groups excluding carboxylic acids is 1. The van der Waals surface area contributed by atoms with E-state index in [0.717, 1.165) is 12.7 Å². The highest BCUT2D eigenvalue weighted by atomic mass is 28.4. The number of carbonyl (C=O) groups is 1. The van der Waals surface area contributed by atoms with Crippen molar-refractivity contribution in [1.29, 1.82) is 0 Å². The Balaban J connectivity index is 2.59. The van der Waals surface area contributed by atoms with Gasteiger partial charge < -0.3 is 18.7 Å². The molecule has 0 amide bonds. The number of aldehydes is 1. The minimum absolute atomic E-state index is 0.201. The Labute approximate surface area is 130 Å². The van der Waals surface area contributed by atoms with Crippen LogP contribution in [-0.4, -0.2) is 40.2 Å². The Morgan fingerprint density at radius 1 is 1.19 bits per heavy atom. The van der Waals surface area contributed by atoms with Crippen molar-refractivity contribution in [2.45, 2.75) is 71.4 Å². The van der Waals surface area contributed by atoms with Crippen LogP contribution in [0.15, 0.2) is 0 Å². The summed E-state index contributed by atoms with van der Waals surface area (Å²) in [7, 11) is -1.74. The highest BCUT2D eigenvalue weighted by molar-refractivity contribution is 6.74. The molecule has 5 heteroatoms. The van der Waals surface area contributed by atoms with Gasteiger partial charge in [-0.05, 0) is 38.4 Å². The zero-order chi connectivity index (χ0) is 16.4. The minimum Gasteiger partial charge on any atom is -0.417 e. The lowest BCUT2D eigenvalue weighted by atomic mass is 9.82. The van der Waals surface area contributed by atoms with Crippen LogP contribution >= 0.6 is 0 Å². The van der Waals surface area contributed by atoms with Crippen LogP contribution in [0.2, 0.25) is 18.1 Å². The average molecular weight is 317 g/mol. The van der Waals surface area contributed by atoms with Gasteiger partial charge in [-0.25, -0.2) is 0 Å². The van der Waals surface area contributed by atoms with Gasteiger partial charge in [0.05, 0.1) is 13.2 Å². The zero-order valence-corrected chi connectivity index (χ0v) is 15.7. The third kappa shape index (κ3) is 5.16. The molecule has 0 saturated carbocycles. The SMILES string of the molecule is CC1(C)OCC(CC=O)(CCO[Si](C)(C)C(C)(C)C)CO1. The van der Waals surface area contributed by atoms with Crippen LogP contribution in [-0.2, 0) is 18.7 Å². The molecular formula is C16H32O4Si. The van der Waals surface area contributed by atoms with E-state index in [4.69, 9.17) is 13.9 Å². The Hall–Kier alpha value is -0.233. The summed E-state index contributed by atoms with van der Waals surface area (Å²) in [6.07, 6.45) is 2.23. The molecule has 0 aromatic rings. The van der Waals surface area contributed by atoms with E-state index in [1.54, 1.807) is 0 Å². The Morgan fingerprint density at radius 3 is 2.14 bits per heavy atom. The molecule has 124 valence electrons. The summed E-state index contributed by atoms with van der Waals surface area (Å²) < 4.78 is 17.7. The van der Waals surface area contributed by atoms with Crippen LogP contribution in [0.3, 0.4) is 0 Å². The fourth-order valence-electron chi connectivity index (χ4n) is 2.02. The molecule has 0 aromatic carbocycles. The first-order valence-electron chi connectivity index (χ1n) is 7.79. The van der Waals surface area contributed by atoms with E-state index in [2.05, 4.69) is 33.9 Å². The molecule has 1 aliphatic heterocycles. The molecule has 0 aliphatic carbocycles. The Bertz CT molecular complexity index is 348. The van der Waals surface area contributed by atoms with Gasteiger partial charge in [-0.2, -0.15) is 0 Å². The summed E-state index contributed by atoms with van der Waals surface area (Å²) in [5, 5.41) is 0.201. The number of hydrogen-bond donors (Lipinski definition) is 0. The fourth-order valence-corrected chi connectivity index (χ4v) is 3.06. The molecule has 0 unspecified atom stereocenters. The smallest absolute Gasteiger partial charge is 0.191 e. The molecule has 0 atom stereocenters. The maximum absolute atomic E-state index is 11.0. The molecule has 0 bridgehead atoms. The van der Waals surface area contributed by atoms with Crippen molar-refractivity contribution in [2.24, 2.45) is 5.41 Å². The van der Waals surface area contributed by atoms with Crippen molar-refractivity contribution in [3.8, 4) is 0 Å². The van der Waals surface area contributed by atoms with Crippen LogP contribution < -0.4 is 0 Å². The summed E-state index contributed by atoms with van der Waals surface area (Å²) in [6.45, 7) is 16.8. The van der Waals surface area contributed by atoms with Gasteiger partial charge in [0.25, 0.3) is 0 Å². The van der Waals surface area contributed by atoms with Crippen molar-refractivity contribution in [3.05, 3.63) is 0 Å². The van der Waals surface area contributed by atoms with Gasteiger partial charge in [-0.15, -0.1) is 0 Å². The summed E-state index contributed by atoms with van der Waals surface area (Å²) in [6, 6.07) is 0. The molecule has 1 rings (SSSR count). The van der Waals surface area contributed by atoms with Crippen molar-refractivity contribution in [2.75, 3.05) is 19.8 Å². The van der Waals surface area contributed by atoms with E-state index in [1.165, 1.54) is 0 Å². The lowest BCUT2D eigenvalue weighted by Gasteiger charge is -2.43. The van der Waals surface area contributed by atoms with E-state index in [-0.39, 0.29) is 10.5 Å². The molecular weight excluding hydrogens is 284 g/mol. The van der Waals surface area contributed by atoms with E-state index in [9.17, 15) is 4.79 Å². The van der Waals surface area contributed by atoms with Gasteiger partial charge in [0.1, 0.15) is 6.29 Å². The highest BCUT2D eigenvalue weighted by Gasteiger charge is 2.41. The van der Waals surface area contributed by atoms with Gasteiger partial charge in [-0.3, -0.25) is 0 Å². The summed E-state index contributed by atoms with van der Waals surface area (Å²) in [4.78, 5) is 11.0. The van der Waals surface area contributed by atoms with Gasteiger partial charge >= 0.3 is 0 Å². The second-order valence-corrected chi connectivity index (χ2v) is 13.0. The van der Waals surface area contributed by atoms with Gasteiger partial charge in [0, 0.05) is 18.4 Å². The number of hydrogen-bond acceptors (Lipinski definition) is 4. The lowest BCUT2D eigenvalue weighted by molar-refractivity contribution is -0.286. The van der Waals surface area contributed by atoms with E-state index >= 15 is 0 Å². The summed E-state index contributed by atoms with van der Waals surface area (Å²) in [5.74, 6) is -0.549. The minimum atomic E-state index is -1.74. The first kappa shape index (κ1) is 18.8. The molecule has 1 aliphatic rings. The summed E-state index contributed by atoms with van der Waals surface area (Å²) >= 11 is 0. The molecule has 0 spiro atoms. The third-order valence-corrected chi connectivity index (χ3v) is 9.41. The second kappa shape index (κ2) is 6.48. The maximum atomic E-state index is 11.0. The molecule has 0 radical (unpaired) electrons. The van der Waals surface area contributed by atoms with Crippen LogP contribution in [0.4, 0.5) is 0 Å². The number of ether oxygens (including phenoxy) is 2. The first-order valence-corrected chi connectivity index (χ1v) is 10.7. The first-order chi connectivity index (χ1) is 9.43. The van der Waals surface area contributed by atoms with E-state index < -0.39 is 14.1 Å². The number of rotatable bonds is 6. The standard InChI is InChI=1S/C16H32O4Si/c1-14(2,3)21(6,7)20-11-9-16(8-10-17)12-18-15(4,5)19-13-16/h10H,8-9,11-13H2,1-7H3. The Morgan fingerprint density at radius 2 is 1.71 bits per heavy atom. The lowest BCUT2D eigenvalue weighted by Crippen LogP contribution is -2.48. The second-order valence-electron chi connectivity index (χ2n) is 8.21. The van der Waals surface area contributed by atoms with Gasteiger partial charge in [0.15, 0.2) is 14.1 Å². The predicted octanol–water partition coefficient (Wildman–Crippen LogP) is 3.76. The topological polar surface area (TPSA) is 44.8 Å². The largest absolute Gasteiger partial charge is 0.417 e. The monoisotopic (exact) mass is 316 g/mol. The van der Waals surface area contributed by atoms with Crippen molar-refractivity contribution in [1.82, 2.24) is 0 Å². The fraction of sp³-hybridized carbons (Fsp3) is 0.938. The normalized spacial score (nSPS) is 22.0. The molecule has 1 saturated heterocycles. The zero-order valence-electron chi connectivity index (χ0n) is 14.7. The van der Waals surface area contributed by atoms with E-state index in [0.29, 0.717) is 26.2 Å². The van der Waals surface area contributed by atoms with Crippen LogP contribution in [0, 0.1) is 5.41 Å². The molecule has 1 heterocycles. The molecule has 21 heavy (non-hydrogen) atoms.